The van der Waals surface area contributed by atoms with Crippen molar-refractivity contribution in [1.82, 2.24) is 10.2 Å². The van der Waals surface area contributed by atoms with Crippen molar-refractivity contribution < 1.29 is 17.6 Å². The van der Waals surface area contributed by atoms with E-state index in [2.05, 4.69) is 5.32 Å². The van der Waals surface area contributed by atoms with Gasteiger partial charge in [-0.15, -0.1) is 11.3 Å². The monoisotopic (exact) mass is 418 g/mol. The molecular formula is C20H22N2O4S2. The van der Waals surface area contributed by atoms with Gasteiger partial charge in [-0.25, -0.2) is 8.42 Å². The van der Waals surface area contributed by atoms with E-state index in [0.717, 1.165) is 4.88 Å². The SMILES string of the molecule is CN(C)C(CNC(=O)c1ccc(CS(=O)(=O)c2ccccc2)o1)c1cccs1. The largest absolute Gasteiger partial charge is 0.455 e. The summed E-state index contributed by atoms with van der Waals surface area (Å²) < 4.78 is 30.4. The lowest BCUT2D eigenvalue weighted by molar-refractivity contribution is 0.0913. The first-order valence-corrected chi connectivity index (χ1v) is 11.2. The number of carbonyl (C=O) groups is 1. The fourth-order valence-electron chi connectivity index (χ4n) is 2.77. The van der Waals surface area contributed by atoms with E-state index in [1.807, 2.05) is 36.5 Å². The molecule has 1 N–H and O–H groups in total. The van der Waals surface area contributed by atoms with E-state index < -0.39 is 9.84 Å². The Labute approximate surface area is 168 Å². The van der Waals surface area contributed by atoms with Gasteiger partial charge in [0.05, 0.1) is 10.9 Å². The Morgan fingerprint density at radius 2 is 1.86 bits per heavy atom. The molecule has 1 unspecified atom stereocenters. The van der Waals surface area contributed by atoms with Gasteiger partial charge in [-0.1, -0.05) is 24.3 Å². The van der Waals surface area contributed by atoms with Crippen molar-refractivity contribution in [2.24, 2.45) is 0 Å². The lowest BCUT2D eigenvalue weighted by Gasteiger charge is -2.23. The van der Waals surface area contributed by atoms with Gasteiger partial charge in [-0.05, 0) is 49.8 Å². The number of nitrogens with one attached hydrogen (secondary N) is 1. The van der Waals surface area contributed by atoms with Crippen LogP contribution in [-0.4, -0.2) is 39.9 Å². The number of benzene rings is 1. The Morgan fingerprint density at radius 3 is 2.50 bits per heavy atom. The summed E-state index contributed by atoms with van der Waals surface area (Å²) in [4.78, 5) is 15.8. The van der Waals surface area contributed by atoms with Gasteiger partial charge in [0.1, 0.15) is 11.5 Å². The molecule has 2 heterocycles. The Morgan fingerprint density at radius 1 is 1.11 bits per heavy atom. The van der Waals surface area contributed by atoms with E-state index in [-0.39, 0.29) is 34.1 Å². The fourth-order valence-corrected chi connectivity index (χ4v) is 4.96. The van der Waals surface area contributed by atoms with Crippen molar-refractivity contribution in [3.63, 3.8) is 0 Å². The Kier molecular flexibility index (Phi) is 6.33. The van der Waals surface area contributed by atoms with Crippen LogP contribution in [0.3, 0.4) is 0 Å². The smallest absolute Gasteiger partial charge is 0.287 e. The highest BCUT2D eigenvalue weighted by molar-refractivity contribution is 7.90. The highest BCUT2D eigenvalue weighted by atomic mass is 32.2. The average Bonchev–Trinajstić information content (AvgIpc) is 3.34. The van der Waals surface area contributed by atoms with E-state index in [1.54, 1.807) is 29.5 Å². The van der Waals surface area contributed by atoms with Crippen LogP contribution in [0.2, 0.25) is 0 Å². The quantitative estimate of drug-likeness (QED) is 0.607. The molecule has 1 aromatic carbocycles. The Bertz CT molecular complexity index is 1010. The zero-order valence-corrected chi connectivity index (χ0v) is 17.3. The van der Waals surface area contributed by atoms with Crippen LogP contribution < -0.4 is 5.32 Å². The molecule has 0 radical (unpaired) electrons. The summed E-state index contributed by atoms with van der Waals surface area (Å²) in [5.41, 5.74) is 0. The maximum absolute atomic E-state index is 12.4. The number of carbonyl (C=O) groups excluding carboxylic acids is 1. The van der Waals surface area contributed by atoms with Crippen LogP contribution in [0.4, 0.5) is 0 Å². The summed E-state index contributed by atoms with van der Waals surface area (Å²) in [6, 6.07) is 15.3. The van der Waals surface area contributed by atoms with Gasteiger partial charge >= 0.3 is 0 Å². The fraction of sp³-hybridized carbons (Fsp3) is 0.250. The van der Waals surface area contributed by atoms with Gasteiger partial charge in [0.25, 0.3) is 5.91 Å². The van der Waals surface area contributed by atoms with Crippen molar-refractivity contribution in [3.8, 4) is 0 Å². The molecule has 0 fully saturated rings. The molecule has 148 valence electrons. The second-order valence-electron chi connectivity index (χ2n) is 6.54. The molecule has 0 saturated carbocycles. The number of sulfone groups is 1. The minimum absolute atomic E-state index is 0.0526. The summed E-state index contributed by atoms with van der Waals surface area (Å²) in [6.45, 7) is 0.421. The van der Waals surface area contributed by atoms with E-state index >= 15 is 0 Å². The molecule has 0 aliphatic heterocycles. The molecule has 2 aromatic heterocycles. The lowest BCUT2D eigenvalue weighted by Crippen LogP contribution is -2.34. The van der Waals surface area contributed by atoms with Gasteiger partial charge in [-0.3, -0.25) is 4.79 Å². The van der Waals surface area contributed by atoms with Crippen molar-refractivity contribution in [2.75, 3.05) is 20.6 Å². The number of hydrogen-bond acceptors (Lipinski definition) is 6. The van der Waals surface area contributed by atoms with Crippen molar-refractivity contribution in [1.29, 1.82) is 0 Å². The van der Waals surface area contributed by atoms with Gasteiger partial charge in [0.15, 0.2) is 15.6 Å². The standard InChI is InChI=1S/C20H22N2O4S2/c1-22(2)17(19-9-6-12-27-19)13-21-20(23)18-11-10-15(26-18)14-28(24,25)16-7-4-3-5-8-16/h3-12,17H,13-14H2,1-2H3,(H,21,23). The maximum Gasteiger partial charge on any atom is 0.287 e. The highest BCUT2D eigenvalue weighted by Crippen LogP contribution is 2.23. The molecule has 0 aliphatic rings. The van der Waals surface area contributed by atoms with Gasteiger partial charge < -0.3 is 14.6 Å². The molecule has 3 aromatic rings. The Balaban J connectivity index is 1.64. The van der Waals surface area contributed by atoms with Crippen LogP contribution in [0.15, 0.2) is 69.3 Å². The van der Waals surface area contributed by atoms with Crippen LogP contribution >= 0.6 is 11.3 Å². The normalized spacial score (nSPS) is 12.8. The van der Waals surface area contributed by atoms with Crippen LogP contribution in [0.1, 0.15) is 27.2 Å². The van der Waals surface area contributed by atoms with Crippen LogP contribution in [0.25, 0.3) is 0 Å². The van der Waals surface area contributed by atoms with Crippen LogP contribution in [-0.2, 0) is 15.6 Å². The molecule has 1 atom stereocenters. The number of furan rings is 1. The zero-order valence-electron chi connectivity index (χ0n) is 15.7. The summed E-state index contributed by atoms with van der Waals surface area (Å²) in [5.74, 6) is -0.329. The molecule has 0 spiro atoms. The second-order valence-corrected chi connectivity index (χ2v) is 9.51. The molecule has 0 aliphatic carbocycles. The van der Waals surface area contributed by atoms with Gasteiger partial charge in [0, 0.05) is 11.4 Å². The number of thiophene rings is 1. The molecule has 28 heavy (non-hydrogen) atoms. The first kappa shape index (κ1) is 20.3. The summed E-state index contributed by atoms with van der Waals surface area (Å²) >= 11 is 1.63. The second kappa shape index (κ2) is 8.72. The molecular weight excluding hydrogens is 396 g/mol. The summed E-state index contributed by atoms with van der Waals surface area (Å²) in [7, 11) is 0.386. The first-order chi connectivity index (χ1) is 13.4. The number of amides is 1. The molecule has 1 amide bonds. The average molecular weight is 419 g/mol. The molecule has 8 heteroatoms. The van der Waals surface area contributed by atoms with E-state index in [9.17, 15) is 13.2 Å². The number of likely N-dealkylation sites (N-methyl/N-ethyl adjacent to an activating group) is 1. The van der Waals surface area contributed by atoms with Gasteiger partial charge in [0.2, 0.25) is 0 Å². The lowest BCUT2D eigenvalue weighted by atomic mass is 10.2. The van der Waals surface area contributed by atoms with Crippen molar-refractivity contribution in [2.45, 2.75) is 16.7 Å². The number of rotatable bonds is 8. The summed E-state index contributed by atoms with van der Waals surface area (Å²) in [5, 5.41) is 4.86. The minimum Gasteiger partial charge on any atom is -0.455 e. The number of hydrogen-bond donors (Lipinski definition) is 1. The van der Waals surface area contributed by atoms with E-state index in [1.165, 1.54) is 24.3 Å². The van der Waals surface area contributed by atoms with E-state index in [0.29, 0.717) is 6.54 Å². The third-order valence-electron chi connectivity index (χ3n) is 4.27. The predicted octanol–water partition coefficient (Wildman–Crippen LogP) is 3.35. The number of nitrogens with zero attached hydrogens (tertiary/aromatic N) is 1. The van der Waals surface area contributed by atoms with Gasteiger partial charge in [-0.2, -0.15) is 0 Å². The Hall–Kier alpha value is -2.42. The molecule has 0 saturated heterocycles. The third-order valence-corrected chi connectivity index (χ3v) is 6.90. The van der Waals surface area contributed by atoms with Crippen LogP contribution in [0, 0.1) is 0 Å². The molecule has 0 bridgehead atoms. The molecule has 6 nitrogen and oxygen atoms in total. The minimum atomic E-state index is -3.52. The van der Waals surface area contributed by atoms with Crippen LogP contribution in [0.5, 0.6) is 0 Å². The predicted molar refractivity (Wildman–Crippen MR) is 109 cm³/mol. The highest BCUT2D eigenvalue weighted by Gasteiger charge is 2.21. The first-order valence-electron chi connectivity index (χ1n) is 8.71. The maximum atomic E-state index is 12.4. The topological polar surface area (TPSA) is 79.6 Å². The third kappa shape index (κ3) is 4.89. The van der Waals surface area contributed by atoms with Crippen molar-refractivity contribution >= 4 is 27.1 Å². The molecule has 3 rings (SSSR count). The van der Waals surface area contributed by atoms with Crippen molar-refractivity contribution in [3.05, 3.63) is 76.4 Å². The van der Waals surface area contributed by atoms with E-state index in [4.69, 9.17) is 4.42 Å². The zero-order chi connectivity index (χ0) is 20.1. The summed E-state index contributed by atoms with van der Waals surface area (Å²) in [6.07, 6.45) is 0.